The zero-order valence-electron chi connectivity index (χ0n) is 12.9. The van der Waals surface area contributed by atoms with Crippen LogP contribution in [0, 0.1) is 0 Å². The van der Waals surface area contributed by atoms with Crippen molar-refractivity contribution < 1.29 is 23.9 Å². The first kappa shape index (κ1) is 14.7. The van der Waals surface area contributed by atoms with Crippen molar-refractivity contribution >= 4 is 28.9 Å². The van der Waals surface area contributed by atoms with Gasteiger partial charge >= 0.3 is 5.97 Å². The molecule has 1 aliphatic carbocycles. The number of Topliss-reactive ketones (excluding diaryl/α,β-unsaturated/α-hetero) is 2. The van der Waals surface area contributed by atoms with Crippen molar-refractivity contribution in [2.75, 3.05) is 0 Å². The quantitative estimate of drug-likeness (QED) is 0.738. The molecule has 6 heteroatoms. The van der Waals surface area contributed by atoms with Gasteiger partial charge in [-0.3, -0.25) is 14.4 Å². The molecule has 0 radical (unpaired) electrons. The van der Waals surface area contributed by atoms with Gasteiger partial charge in [-0.15, -0.1) is 0 Å². The summed E-state index contributed by atoms with van der Waals surface area (Å²) >= 11 is 1.49. The molecule has 5 nitrogen and oxygen atoms in total. The standard InChI is InChI=1S/C19H12O5S/c20-13-7-12-19(24-13)15-14(18(23-12)9-5-6-25-8-9)16(21)10-3-1-2-4-11(10)17(15)22/h1-6,8,12,18-19H,7H2/t12-,18+,19+/m0/s1. The number of ether oxygens (including phenoxy) is 2. The Morgan fingerprint density at radius 1 is 0.960 bits per heavy atom. The third-order valence-electron chi connectivity index (χ3n) is 4.86. The predicted molar refractivity (Wildman–Crippen MR) is 88.6 cm³/mol. The maximum atomic E-state index is 13.1. The fourth-order valence-electron chi connectivity index (χ4n) is 3.77. The summed E-state index contributed by atoms with van der Waals surface area (Å²) < 4.78 is 11.4. The maximum Gasteiger partial charge on any atom is 0.309 e. The average Bonchev–Trinajstić information content (AvgIpc) is 3.26. The molecule has 0 bridgehead atoms. The number of ketones is 2. The van der Waals surface area contributed by atoms with Crippen LogP contribution in [-0.2, 0) is 14.3 Å². The minimum Gasteiger partial charge on any atom is -0.454 e. The summed E-state index contributed by atoms with van der Waals surface area (Å²) in [6.45, 7) is 0. The molecule has 0 N–H and O–H groups in total. The Labute approximate surface area is 146 Å². The molecule has 3 aliphatic rings. The second-order valence-electron chi connectivity index (χ2n) is 6.26. The van der Waals surface area contributed by atoms with Crippen LogP contribution in [-0.4, -0.2) is 29.7 Å². The molecule has 0 saturated carbocycles. The third kappa shape index (κ3) is 2.01. The Balaban J connectivity index is 1.75. The molecule has 124 valence electrons. The van der Waals surface area contributed by atoms with Gasteiger partial charge in [-0.2, -0.15) is 11.3 Å². The molecule has 1 fully saturated rings. The summed E-state index contributed by atoms with van der Waals surface area (Å²) in [5.74, 6) is -0.895. The largest absolute Gasteiger partial charge is 0.454 e. The van der Waals surface area contributed by atoms with E-state index in [-0.39, 0.29) is 23.6 Å². The molecule has 25 heavy (non-hydrogen) atoms. The first-order valence-electron chi connectivity index (χ1n) is 7.94. The zero-order valence-corrected chi connectivity index (χ0v) is 13.7. The van der Waals surface area contributed by atoms with Gasteiger partial charge in [0, 0.05) is 16.7 Å². The van der Waals surface area contributed by atoms with E-state index >= 15 is 0 Å². The molecule has 1 saturated heterocycles. The van der Waals surface area contributed by atoms with Gasteiger partial charge in [-0.1, -0.05) is 24.3 Å². The van der Waals surface area contributed by atoms with Gasteiger partial charge in [-0.25, -0.2) is 0 Å². The van der Waals surface area contributed by atoms with Crippen molar-refractivity contribution in [3.8, 4) is 0 Å². The summed E-state index contributed by atoms with van der Waals surface area (Å²) in [6, 6.07) is 8.62. The molecule has 0 unspecified atom stereocenters. The lowest BCUT2D eigenvalue weighted by molar-refractivity contribution is -0.140. The Bertz CT molecular complexity index is 956. The zero-order chi connectivity index (χ0) is 17.1. The van der Waals surface area contributed by atoms with Gasteiger partial charge in [-0.05, 0) is 22.4 Å². The number of benzene rings is 1. The summed E-state index contributed by atoms with van der Waals surface area (Å²) in [6.07, 6.45) is -1.91. The highest BCUT2D eigenvalue weighted by Gasteiger charge is 2.52. The number of fused-ring (bicyclic) bond motifs is 3. The first-order valence-corrected chi connectivity index (χ1v) is 8.89. The number of carbonyl (C=O) groups is 3. The SMILES string of the molecule is O=C1C[C@@H]2O[C@H](c3ccsc3)C3=C(C(=O)c4ccccc4C3=O)[C@@H]2O1. The van der Waals surface area contributed by atoms with Crippen LogP contribution in [0.5, 0.6) is 0 Å². The Morgan fingerprint density at radius 3 is 2.36 bits per heavy atom. The summed E-state index contributed by atoms with van der Waals surface area (Å²) in [5, 5.41) is 3.79. The monoisotopic (exact) mass is 352 g/mol. The number of hydrogen-bond acceptors (Lipinski definition) is 6. The number of thiophene rings is 1. The molecule has 0 spiro atoms. The van der Waals surface area contributed by atoms with E-state index in [2.05, 4.69) is 0 Å². The van der Waals surface area contributed by atoms with Gasteiger partial charge in [0.1, 0.15) is 12.2 Å². The third-order valence-corrected chi connectivity index (χ3v) is 5.56. The van der Waals surface area contributed by atoms with Crippen molar-refractivity contribution in [2.45, 2.75) is 24.7 Å². The molecule has 3 heterocycles. The van der Waals surface area contributed by atoms with Crippen LogP contribution in [0.4, 0.5) is 0 Å². The van der Waals surface area contributed by atoms with E-state index in [4.69, 9.17) is 9.47 Å². The molecule has 5 rings (SSSR count). The van der Waals surface area contributed by atoms with Crippen LogP contribution in [0.15, 0.2) is 52.2 Å². The number of rotatable bonds is 1. The van der Waals surface area contributed by atoms with Gasteiger partial charge in [0.15, 0.2) is 17.7 Å². The van der Waals surface area contributed by atoms with Gasteiger partial charge in [0.2, 0.25) is 0 Å². The van der Waals surface area contributed by atoms with E-state index in [1.54, 1.807) is 24.3 Å². The van der Waals surface area contributed by atoms with Crippen molar-refractivity contribution in [3.63, 3.8) is 0 Å². The van der Waals surface area contributed by atoms with Crippen LogP contribution >= 0.6 is 11.3 Å². The van der Waals surface area contributed by atoms with Gasteiger partial charge < -0.3 is 9.47 Å². The topological polar surface area (TPSA) is 69.7 Å². The van der Waals surface area contributed by atoms with Crippen LogP contribution in [0.1, 0.15) is 38.8 Å². The van der Waals surface area contributed by atoms with Gasteiger partial charge in [0.25, 0.3) is 0 Å². The van der Waals surface area contributed by atoms with Crippen molar-refractivity contribution in [2.24, 2.45) is 0 Å². The lowest BCUT2D eigenvalue weighted by Gasteiger charge is -2.36. The highest BCUT2D eigenvalue weighted by atomic mass is 32.1. The minimum absolute atomic E-state index is 0.0885. The van der Waals surface area contributed by atoms with Crippen LogP contribution in [0.3, 0.4) is 0 Å². The van der Waals surface area contributed by atoms with Crippen LogP contribution in [0.25, 0.3) is 0 Å². The lowest BCUT2D eigenvalue weighted by atomic mass is 9.76. The molecule has 2 aliphatic heterocycles. The van der Waals surface area contributed by atoms with E-state index in [9.17, 15) is 14.4 Å². The average molecular weight is 352 g/mol. The molecule has 1 aromatic heterocycles. The van der Waals surface area contributed by atoms with Crippen LogP contribution in [0.2, 0.25) is 0 Å². The first-order chi connectivity index (χ1) is 12.1. The Kier molecular flexibility index (Phi) is 3.07. The molecule has 2 aromatic rings. The van der Waals surface area contributed by atoms with E-state index < -0.39 is 24.3 Å². The second-order valence-corrected chi connectivity index (χ2v) is 7.04. The van der Waals surface area contributed by atoms with E-state index in [0.29, 0.717) is 16.7 Å². The van der Waals surface area contributed by atoms with E-state index in [0.717, 1.165) is 5.56 Å². The van der Waals surface area contributed by atoms with E-state index in [1.807, 2.05) is 16.8 Å². The number of hydrogen-bond donors (Lipinski definition) is 0. The Morgan fingerprint density at radius 2 is 1.68 bits per heavy atom. The fraction of sp³-hybridized carbons (Fsp3) is 0.211. The Hall–Kier alpha value is -2.57. The highest BCUT2D eigenvalue weighted by Crippen LogP contribution is 2.46. The minimum atomic E-state index is -0.804. The normalized spacial score (nSPS) is 27.7. The fourth-order valence-corrected chi connectivity index (χ4v) is 4.44. The summed E-state index contributed by atoms with van der Waals surface area (Å²) in [7, 11) is 0. The molecular weight excluding hydrogens is 340 g/mol. The smallest absolute Gasteiger partial charge is 0.309 e. The second kappa shape index (κ2) is 5.21. The predicted octanol–water partition coefficient (Wildman–Crippen LogP) is 2.88. The van der Waals surface area contributed by atoms with E-state index in [1.165, 1.54) is 11.3 Å². The maximum absolute atomic E-state index is 13.1. The number of carbonyl (C=O) groups excluding carboxylic acids is 3. The highest BCUT2D eigenvalue weighted by molar-refractivity contribution is 7.08. The summed E-state index contributed by atoms with van der Waals surface area (Å²) in [4.78, 5) is 38.0. The molecular formula is C19H12O5S. The lowest BCUT2D eigenvalue weighted by Crippen LogP contribution is -2.42. The molecule has 1 aromatic carbocycles. The van der Waals surface area contributed by atoms with Crippen LogP contribution < -0.4 is 0 Å². The van der Waals surface area contributed by atoms with Crippen molar-refractivity contribution in [3.05, 3.63) is 68.9 Å². The van der Waals surface area contributed by atoms with Gasteiger partial charge in [0.05, 0.1) is 12.0 Å². The molecule has 0 amide bonds. The number of esters is 1. The molecule has 3 atom stereocenters. The van der Waals surface area contributed by atoms with Crippen molar-refractivity contribution in [1.82, 2.24) is 0 Å². The summed E-state index contributed by atoms with van der Waals surface area (Å²) in [5.41, 5.74) is 2.13. The van der Waals surface area contributed by atoms with Crippen molar-refractivity contribution in [1.29, 1.82) is 0 Å².